The van der Waals surface area contributed by atoms with Crippen LogP contribution in [0, 0.1) is 10.1 Å². The van der Waals surface area contributed by atoms with Gasteiger partial charge in [0.2, 0.25) is 5.69 Å². The Morgan fingerprint density at radius 3 is 2.88 bits per heavy atom. The second kappa shape index (κ2) is 6.88. The van der Waals surface area contributed by atoms with Crippen molar-refractivity contribution in [2.24, 2.45) is 7.05 Å². The molecule has 0 saturated heterocycles. The number of nitrogens with zero attached hydrogens (tertiary/aromatic N) is 4. The Bertz CT molecular complexity index is 956. The van der Waals surface area contributed by atoms with E-state index in [1.807, 2.05) is 0 Å². The molecule has 3 heterocycles. The molecule has 3 N–H and O–H groups in total. The highest BCUT2D eigenvalue weighted by atomic mass is 16.6. The SMILES string of the molecule is Cn1ncc(NC(=O)c2[nH]ncc2[N+](=O)[O-])c1C(=O)NCc1ccco1. The van der Waals surface area contributed by atoms with E-state index in [2.05, 4.69) is 25.9 Å². The van der Waals surface area contributed by atoms with Crippen molar-refractivity contribution in [1.82, 2.24) is 25.3 Å². The molecule has 0 unspecified atom stereocenters. The van der Waals surface area contributed by atoms with Crippen LogP contribution in [0.3, 0.4) is 0 Å². The van der Waals surface area contributed by atoms with Gasteiger partial charge in [-0.15, -0.1) is 0 Å². The lowest BCUT2D eigenvalue weighted by Crippen LogP contribution is -2.26. The van der Waals surface area contributed by atoms with Gasteiger partial charge in [0, 0.05) is 7.05 Å². The standard InChI is InChI=1S/C14H13N7O5/c1-20-12(14(23)15-5-8-3-2-4-26-8)9(6-17-20)18-13(22)11-10(21(24)25)7-16-19-11/h2-4,6-7H,5H2,1H3,(H,15,23)(H,16,19)(H,18,22). The Labute approximate surface area is 145 Å². The zero-order chi connectivity index (χ0) is 18.7. The molecule has 12 heteroatoms. The quantitative estimate of drug-likeness (QED) is 0.433. The van der Waals surface area contributed by atoms with Crippen LogP contribution >= 0.6 is 0 Å². The normalized spacial score (nSPS) is 10.5. The highest BCUT2D eigenvalue weighted by molar-refractivity contribution is 6.09. The number of aromatic nitrogens is 4. The van der Waals surface area contributed by atoms with Gasteiger partial charge in [-0.05, 0) is 12.1 Å². The lowest BCUT2D eigenvalue weighted by Gasteiger charge is -2.07. The van der Waals surface area contributed by atoms with E-state index in [4.69, 9.17) is 4.42 Å². The summed E-state index contributed by atoms with van der Waals surface area (Å²) in [5.74, 6) is -0.766. The van der Waals surface area contributed by atoms with Crippen LogP contribution in [0.15, 0.2) is 35.2 Å². The summed E-state index contributed by atoms with van der Waals surface area (Å²) in [5, 5.41) is 25.6. The average molecular weight is 359 g/mol. The number of carbonyl (C=O) groups is 2. The van der Waals surface area contributed by atoms with Crippen LogP contribution in [0.2, 0.25) is 0 Å². The van der Waals surface area contributed by atoms with E-state index in [0.29, 0.717) is 5.76 Å². The van der Waals surface area contributed by atoms with Crippen LogP contribution in [-0.4, -0.2) is 36.7 Å². The highest BCUT2D eigenvalue weighted by Crippen LogP contribution is 2.19. The number of hydrogen-bond acceptors (Lipinski definition) is 7. The molecule has 0 spiro atoms. The monoisotopic (exact) mass is 359 g/mol. The molecule has 0 atom stereocenters. The van der Waals surface area contributed by atoms with Crippen molar-refractivity contribution < 1.29 is 18.9 Å². The summed E-state index contributed by atoms with van der Waals surface area (Å²) < 4.78 is 6.40. The Morgan fingerprint density at radius 2 is 2.19 bits per heavy atom. The molecule has 3 aromatic heterocycles. The summed E-state index contributed by atoms with van der Waals surface area (Å²) in [6.07, 6.45) is 3.67. The van der Waals surface area contributed by atoms with Gasteiger partial charge < -0.3 is 15.1 Å². The van der Waals surface area contributed by atoms with Gasteiger partial charge in [0.05, 0.1) is 29.6 Å². The van der Waals surface area contributed by atoms with Crippen molar-refractivity contribution in [2.75, 3.05) is 5.32 Å². The lowest BCUT2D eigenvalue weighted by atomic mass is 10.3. The number of aryl methyl sites for hydroxylation is 1. The van der Waals surface area contributed by atoms with Crippen molar-refractivity contribution in [3.8, 4) is 0 Å². The second-order valence-corrected chi connectivity index (χ2v) is 5.13. The maximum Gasteiger partial charge on any atom is 0.319 e. The fraction of sp³-hybridized carbons (Fsp3) is 0.143. The Kier molecular flexibility index (Phi) is 4.47. The first-order chi connectivity index (χ1) is 12.5. The number of anilines is 1. The third-order valence-corrected chi connectivity index (χ3v) is 3.45. The predicted octanol–water partition coefficient (Wildman–Crippen LogP) is 0.827. The Hall–Kier alpha value is -3.96. The van der Waals surface area contributed by atoms with Crippen LogP contribution in [0.5, 0.6) is 0 Å². The van der Waals surface area contributed by atoms with E-state index in [-0.39, 0.29) is 23.6 Å². The van der Waals surface area contributed by atoms with Crippen molar-refractivity contribution >= 4 is 23.2 Å². The highest BCUT2D eigenvalue weighted by Gasteiger charge is 2.25. The number of nitrogens with one attached hydrogen (secondary N) is 3. The molecular formula is C14H13N7O5. The summed E-state index contributed by atoms with van der Waals surface area (Å²) in [6.45, 7) is 0.149. The van der Waals surface area contributed by atoms with Crippen LogP contribution in [0.4, 0.5) is 11.4 Å². The third kappa shape index (κ3) is 3.28. The molecule has 0 saturated carbocycles. The maximum absolute atomic E-state index is 12.4. The van der Waals surface area contributed by atoms with E-state index < -0.39 is 22.4 Å². The van der Waals surface area contributed by atoms with E-state index >= 15 is 0 Å². The van der Waals surface area contributed by atoms with E-state index in [1.165, 1.54) is 24.2 Å². The molecule has 0 aliphatic carbocycles. The molecule has 3 aromatic rings. The number of H-pyrrole nitrogens is 1. The molecule has 3 rings (SSSR count). The molecule has 26 heavy (non-hydrogen) atoms. The van der Waals surface area contributed by atoms with Gasteiger partial charge in [-0.1, -0.05) is 0 Å². The van der Waals surface area contributed by atoms with Crippen molar-refractivity contribution in [2.45, 2.75) is 6.54 Å². The first-order valence-electron chi connectivity index (χ1n) is 7.29. The van der Waals surface area contributed by atoms with Gasteiger partial charge in [0.1, 0.15) is 17.7 Å². The fourth-order valence-corrected chi connectivity index (χ4v) is 2.23. The predicted molar refractivity (Wildman–Crippen MR) is 86.3 cm³/mol. The summed E-state index contributed by atoms with van der Waals surface area (Å²) in [6, 6.07) is 3.39. The molecular weight excluding hydrogens is 346 g/mol. The molecule has 0 aromatic carbocycles. The van der Waals surface area contributed by atoms with E-state index in [0.717, 1.165) is 6.20 Å². The fourth-order valence-electron chi connectivity index (χ4n) is 2.23. The number of furan rings is 1. The van der Waals surface area contributed by atoms with Crippen LogP contribution in [-0.2, 0) is 13.6 Å². The van der Waals surface area contributed by atoms with Crippen LogP contribution in [0.25, 0.3) is 0 Å². The molecule has 134 valence electrons. The smallest absolute Gasteiger partial charge is 0.319 e. The summed E-state index contributed by atoms with van der Waals surface area (Å²) in [7, 11) is 1.52. The van der Waals surface area contributed by atoms with Crippen LogP contribution < -0.4 is 10.6 Å². The molecule has 2 amide bonds. The zero-order valence-corrected chi connectivity index (χ0v) is 13.4. The summed E-state index contributed by atoms with van der Waals surface area (Å²) in [5.41, 5.74) is -0.638. The van der Waals surface area contributed by atoms with Gasteiger partial charge in [-0.2, -0.15) is 10.2 Å². The van der Waals surface area contributed by atoms with Crippen molar-refractivity contribution in [3.05, 3.63) is 58.1 Å². The minimum absolute atomic E-state index is 0.0760. The summed E-state index contributed by atoms with van der Waals surface area (Å²) in [4.78, 5) is 34.8. The first kappa shape index (κ1) is 16.9. The Balaban J connectivity index is 1.77. The van der Waals surface area contributed by atoms with Gasteiger partial charge in [0.15, 0.2) is 0 Å². The average Bonchev–Trinajstić information content (AvgIpc) is 3.33. The topological polar surface area (TPSA) is 161 Å². The second-order valence-electron chi connectivity index (χ2n) is 5.13. The molecule has 0 aliphatic heterocycles. The number of rotatable bonds is 6. The van der Waals surface area contributed by atoms with Crippen LogP contribution in [0.1, 0.15) is 26.7 Å². The van der Waals surface area contributed by atoms with Crippen molar-refractivity contribution in [1.29, 1.82) is 0 Å². The first-order valence-corrected chi connectivity index (χ1v) is 7.29. The van der Waals surface area contributed by atoms with E-state index in [9.17, 15) is 19.7 Å². The summed E-state index contributed by atoms with van der Waals surface area (Å²) >= 11 is 0. The molecule has 0 radical (unpaired) electrons. The van der Waals surface area contributed by atoms with E-state index in [1.54, 1.807) is 12.1 Å². The Morgan fingerprint density at radius 1 is 1.38 bits per heavy atom. The van der Waals surface area contributed by atoms with Gasteiger partial charge in [0.25, 0.3) is 11.8 Å². The zero-order valence-electron chi connectivity index (χ0n) is 13.4. The number of carbonyl (C=O) groups excluding carboxylic acids is 2. The molecule has 0 fully saturated rings. The number of aromatic amines is 1. The largest absolute Gasteiger partial charge is 0.467 e. The molecule has 0 aliphatic rings. The third-order valence-electron chi connectivity index (χ3n) is 3.45. The molecule has 12 nitrogen and oxygen atoms in total. The number of nitro groups is 1. The van der Waals surface area contributed by atoms with Gasteiger partial charge >= 0.3 is 5.69 Å². The van der Waals surface area contributed by atoms with Gasteiger partial charge in [-0.3, -0.25) is 29.5 Å². The van der Waals surface area contributed by atoms with Crippen molar-refractivity contribution in [3.63, 3.8) is 0 Å². The maximum atomic E-state index is 12.4. The number of amides is 2. The number of hydrogen-bond donors (Lipinski definition) is 3. The lowest BCUT2D eigenvalue weighted by molar-refractivity contribution is -0.385. The molecule has 0 bridgehead atoms. The minimum atomic E-state index is -0.817. The van der Waals surface area contributed by atoms with Gasteiger partial charge in [-0.25, -0.2) is 0 Å². The minimum Gasteiger partial charge on any atom is -0.467 e.